The highest BCUT2D eigenvalue weighted by molar-refractivity contribution is 5.69. The van der Waals surface area contributed by atoms with Gasteiger partial charge >= 0.3 is 0 Å². The number of pyridine rings is 3. The molecule has 0 aliphatic rings. The zero-order valence-corrected chi connectivity index (χ0v) is 38.3. The van der Waals surface area contributed by atoms with Gasteiger partial charge in [0.2, 0.25) is 17.1 Å². The lowest BCUT2D eigenvalue weighted by molar-refractivity contribution is -0.660. The van der Waals surface area contributed by atoms with Gasteiger partial charge in [-0.05, 0) is 129 Å². The van der Waals surface area contributed by atoms with Crippen LogP contribution in [0.15, 0.2) is 195 Å². The minimum atomic E-state index is -2.07. The number of rotatable bonds is 6. The van der Waals surface area contributed by atoms with Crippen molar-refractivity contribution >= 4 is 0 Å². The number of benzene rings is 6. The summed E-state index contributed by atoms with van der Waals surface area (Å²) in [4.78, 5) is 0. The summed E-state index contributed by atoms with van der Waals surface area (Å²) in [7, 11) is 6.18. The summed E-state index contributed by atoms with van der Waals surface area (Å²) in [5.74, 6) is 0. The maximum Gasteiger partial charge on any atom is 0.212 e. The van der Waals surface area contributed by atoms with Crippen molar-refractivity contribution in [1.29, 1.82) is 0 Å². The fraction of sp³-hybridized carbons (Fsp3) is 0.164. The Hall–Kier alpha value is -7.23. The van der Waals surface area contributed by atoms with Crippen molar-refractivity contribution in [3.8, 4) is 67.2 Å². The number of nitrogens with zero attached hydrogens (tertiary/aromatic N) is 3. The van der Waals surface area contributed by atoms with E-state index in [-0.39, 0.29) is 0 Å². The molecule has 0 spiro atoms. The summed E-state index contributed by atoms with van der Waals surface area (Å²) in [5.41, 5.74) is 20.6. The topological polar surface area (TPSA) is 11.6 Å². The number of hydrogen-bond acceptors (Lipinski definition) is 0. The van der Waals surface area contributed by atoms with E-state index in [1.54, 1.807) is 18.2 Å². The molecule has 0 fully saturated rings. The third-order valence-corrected chi connectivity index (χ3v) is 11.8. The standard InChI is InChI=1S/C21H22N.2C20H20N/c1-15-9-10-18(13-17(15)3)19-11-12-21(22(4)14-19)20-8-6-5-7-16(20)2;2*1-15-8-10-17(11-9-15)18-12-13-20(21(3)14-18)19-7-5-4-6-16(19)2/h5-14H,1-4H3;2*4-14H,1-3H3/q3*+1/i2*1D3;. The molecule has 9 rings (SSSR count). The van der Waals surface area contributed by atoms with Gasteiger partial charge in [0.1, 0.15) is 21.1 Å². The Morgan fingerprint density at radius 3 is 0.984 bits per heavy atom. The van der Waals surface area contributed by atoms with Gasteiger partial charge in [0.05, 0.1) is 0 Å². The first-order chi connectivity index (χ1) is 33.3. The van der Waals surface area contributed by atoms with Crippen LogP contribution in [-0.2, 0) is 21.1 Å². The third-order valence-electron chi connectivity index (χ3n) is 11.8. The van der Waals surface area contributed by atoms with Crippen LogP contribution in [0.3, 0.4) is 0 Å². The summed E-state index contributed by atoms with van der Waals surface area (Å²) in [6.07, 6.45) is 6.37. The largest absolute Gasteiger partial charge is 0.212 e. The first kappa shape index (κ1) is 37.3. The molecule has 0 aliphatic heterocycles. The minimum absolute atomic E-state index is 0.368. The maximum atomic E-state index is 7.60. The highest BCUT2D eigenvalue weighted by Crippen LogP contribution is 2.27. The lowest BCUT2D eigenvalue weighted by atomic mass is 10.00. The van der Waals surface area contributed by atoms with Gasteiger partial charge in [-0.3, -0.25) is 0 Å². The van der Waals surface area contributed by atoms with Crippen LogP contribution < -0.4 is 13.7 Å². The Morgan fingerprint density at radius 2 is 0.641 bits per heavy atom. The van der Waals surface area contributed by atoms with Crippen molar-refractivity contribution in [1.82, 2.24) is 0 Å². The Morgan fingerprint density at radius 1 is 0.297 bits per heavy atom. The van der Waals surface area contributed by atoms with Gasteiger partial charge in [-0.1, -0.05) is 132 Å². The van der Waals surface area contributed by atoms with Crippen molar-refractivity contribution in [2.24, 2.45) is 21.1 Å². The Bertz CT molecular complexity index is 3260. The van der Waals surface area contributed by atoms with Gasteiger partial charge in [0, 0.05) is 59.8 Å². The first-order valence-corrected chi connectivity index (χ1v) is 21.7. The van der Waals surface area contributed by atoms with E-state index in [0.29, 0.717) is 11.1 Å². The molecule has 3 aromatic heterocycles. The molecular formula is C61H62N3+3. The highest BCUT2D eigenvalue weighted by atomic mass is 14.9. The minimum Gasteiger partial charge on any atom is -0.200 e. The molecule has 0 aliphatic carbocycles. The molecule has 0 unspecified atom stereocenters. The zero-order valence-electron chi connectivity index (χ0n) is 44.3. The lowest BCUT2D eigenvalue weighted by Gasteiger charge is -2.07. The van der Waals surface area contributed by atoms with Gasteiger partial charge in [-0.2, -0.15) is 0 Å². The van der Waals surface area contributed by atoms with Gasteiger partial charge in [-0.25, -0.2) is 13.7 Å². The zero-order chi connectivity index (χ0) is 50.3. The molecule has 0 saturated carbocycles. The van der Waals surface area contributed by atoms with Crippen molar-refractivity contribution < 1.29 is 21.9 Å². The normalized spacial score (nSPS) is 12.4. The molecule has 64 heavy (non-hydrogen) atoms. The van der Waals surface area contributed by atoms with Crippen LogP contribution in [0.4, 0.5) is 0 Å². The molecule has 0 saturated heterocycles. The molecule has 318 valence electrons. The van der Waals surface area contributed by atoms with Crippen molar-refractivity contribution in [3.05, 3.63) is 233 Å². The van der Waals surface area contributed by atoms with Crippen LogP contribution in [0.1, 0.15) is 47.2 Å². The molecular weight excluding hydrogens is 775 g/mol. The first-order valence-electron chi connectivity index (χ1n) is 24.7. The highest BCUT2D eigenvalue weighted by Gasteiger charge is 2.16. The fourth-order valence-corrected chi connectivity index (χ4v) is 8.01. The molecule has 3 heterocycles. The SMILES string of the molecule is Cc1ccc(-c2ccc(-c3ccccc3C)[n+](C)c2)cc1.[2H]C([2H])([2H])c1ccc(-c2ccc(-c3ccccc3C)[n+](C)c2)cc1.[2H]C([2H])([2H])c1ccc(-c2ccc(-c3ccccc3C)[n+](C)c2)cc1C. The molecule has 0 N–H and O–H groups in total. The second-order valence-corrected chi connectivity index (χ2v) is 16.7. The van der Waals surface area contributed by atoms with E-state index in [1.807, 2.05) is 69.6 Å². The van der Waals surface area contributed by atoms with Crippen molar-refractivity contribution in [2.45, 2.75) is 48.3 Å². The molecule has 0 amide bonds. The van der Waals surface area contributed by atoms with Crippen LogP contribution in [0.2, 0.25) is 0 Å². The predicted molar refractivity (Wildman–Crippen MR) is 269 cm³/mol. The molecule has 6 aromatic carbocycles. The smallest absolute Gasteiger partial charge is 0.200 e. The van der Waals surface area contributed by atoms with E-state index in [1.165, 1.54) is 55.8 Å². The van der Waals surface area contributed by atoms with E-state index >= 15 is 0 Å². The molecule has 0 radical (unpaired) electrons. The summed E-state index contributed by atoms with van der Waals surface area (Å²) in [6.45, 7) is 6.22. The number of aromatic nitrogens is 3. The summed E-state index contributed by atoms with van der Waals surface area (Å²) < 4.78 is 51.6. The van der Waals surface area contributed by atoms with E-state index in [9.17, 15) is 0 Å². The van der Waals surface area contributed by atoms with E-state index in [0.717, 1.165) is 39.2 Å². The monoisotopic (exact) mass is 843 g/mol. The van der Waals surface area contributed by atoms with Crippen LogP contribution >= 0.6 is 0 Å². The average molecular weight is 843 g/mol. The van der Waals surface area contributed by atoms with E-state index in [4.69, 9.17) is 8.22 Å². The Balaban J connectivity index is 0.000000155. The quantitative estimate of drug-likeness (QED) is 0.148. The van der Waals surface area contributed by atoms with Crippen LogP contribution in [0.25, 0.3) is 67.2 Å². The average Bonchev–Trinajstić information content (AvgIpc) is 3.32. The number of hydrogen-bond donors (Lipinski definition) is 0. The summed E-state index contributed by atoms with van der Waals surface area (Å²) >= 11 is 0. The third kappa shape index (κ3) is 10.7. The summed E-state index contributed by atoms with van der Waals surface area (Å²) in [5, 5.41) is 0. The maximum absolute atomic E-state index is 7.60. The molecule has 3 heteroatoms. The predicted octanol–water partition coefficient (Wildman–Crippen LogP) is 13.7. The Labute approximate surface area is 390 Å². The Kier molecular flexibility index (Phi) is 11.8. The van der Waals surface area contributed by atoms with Crippen LogP contribution in [-0.4, -0.2) is 0 Å². The fourth-order valence-electron chi connectivity index (χ4n) is 8.01. The molecule has 3 nitrogen and oxygen atoms in total. The van der Waals surface area contributed by atoms with Gasteiger partial charge < -0.3 is 0 Å². The summed E-state index contributed by atoms with van der Waals surface area (Å²) in [6, 6.07) is 59.3. The van der Waals surface area contributed by atoms with Crippen molar-refractivity contribution in [3.63, 3.8) is 0 Å². The molecule has 0 bridgehead atoms. The second kappa shape index (κ2) is 20.3. The van der Waals surface area contributed by atoms with Gasteiger partial charge in [-0.15, -0.1) is 0 Å². The van der Waals surface area contributed by atoms with Gasteiger partial charge in [0.15, 0.2) is 18.6 Å². The van der Waals surface area contributed by atoms with E-state index < -0.39 is 13.7 Å². The van der Waals surface area contributed by atoms with Crippen molar-refractivity contribution in [2.75, 3.05) is 0 Å². The second-order valence-electron chi connectivity index (χ2n) is 16.7. The van der Waals surface area contributed by atoms with E-state index in [2.05, 4.69) is 176 Å². The van der Waals surface area contributed by atoms with Gasteiger partial charge in [0.25, 0.3) is 0 Å². The lowest BCUT2D eigenvalue weighted by Crippen LogP contribution is -2.30. The van der Waals surface area contributed by atoms with Crippen LogP contribution in [0.5, 0.6) is 0 Å². The molecule has 9 aromatic rings. The molecule has 0 atom stereocenters. The number of aryl methyl sites for hydroxylation is 10. The van der Waals surface area contributed by atoms with Crippen LogP contribution in [0, 0.1) is 48.3 Å².